The molecular weight excluding hydrogens is 372 g/mol. The predicted octanol–water partition coefficient (Wildman–Crippen LogP) is 3.33. The Kier molecular flexibility index (Phi) is 5.39. The molecule has 1 aliphatic rings. The van der Waals surface area contributed by atoms with Crippen LogP contribution in [0.3, 0.4) is 0 Å². The van der Waals surface area contributed by atoms with E-state index in [1.54, 1.807) is 39.0 Å². The fourth-order valence-electron chi connectivity index (χ4n) is 2.61. The maximum absolute atomic E-state index is 13.0. The highest BCUT2D eigenvalue weighted by molar-refractivity contribution is 6.34. The Morgan fingerprint density at radius 2 is 1.81 bits per heavy atom. The summed E-state index contributed by atoms with van der Waals surface area (Å²) in [7, 11) is 0. The summed E-state index contributed by atoms with van der Waals surface area (Å²) in [5.41, 5.74) is -1.31. The molecule has 3 amide bonds. The highest BCUT2D eigenvalue weighted by Gasteiger charge is 2.55. The van der Waals surface area contributed by atoms with Crippen molar-refractivity contribution in [1.29, 1.82) is 0 Å². The van der Waals surface area contributed by atoms with Crippen molar-refractivity contribution in [3.63, 3.8) is 0 Å². The smallest absolute Gasteiger partial charge is 0.418 e. The van der Waals surface area contributed by atoms with E-state index in [9.17, 15) is 19.2 Å². The SMILES string of the molecule is Cc1ccc(Cl)c(NC(=O)C(C(=O)C(C)(C)C)N2C(=O)OC(C)(C)C2=O)c1. The minimum Gasteiger partial charge on any atom is -0.433 e. The first-order valence-electron chi connectivity index (χ1n) is 8.43. The normalized spacial score (nSPS) is 17.5. The molecule has 0 bridgehead atoms. The Labute approximate surface area is 163 Å². The van der Waals surface area contributed by atoms with Gasteiger partial charge in [-0.05, 0) is 38.5 Å². The number of hydrogen-bond acceptors (Lipinski definition) is 5. The largest absolute Gasteiger partial charge is 0.433 e. The van der Waals surface area contributed by atoms with Gasteiger partial charge >= 0.3 is 6.09 Å². The number of carbonyl (C=O) groups excluding carboxylic acids is 4. The highest BCUT2D eigenvalue weighted by Crippen LogP contribution is 2.30. The Balaban J connectivity index is 2.46. The maximum atomic E-state index is 13.0. The van der Waals surface area contributed by atoms with Crippen molar-refractivity contribution in [3.8, 4) is 0 Å². The lowest BCUT2D eigenvalue weighted by Gasteiger charge is -2.28. The average molecular weight is 395 g/mol. The van der Waals surface area contributed by atoms with E-state index < -0.39 is 40.7 Å². The molecule has 27 heavy (non-hydrogen) atoms. The molecule has 0 aliphatic carbocycles. The number of halogens is 1. The number of ether oxygens (including phenoxy) is 1. The first-order valence-corrected chi connectivity index (χ1v) is 8.81. The molecular formula is C19H23ClN2O5. The van der Waals surface area contributed by atoms with E-state index in [4.69, 9.17) is 16.3 Å². The summed E-state index contributed by atoms with van der Waals surface area (Å²) >= 11 is 6.10. The van der Waals surface area contributed by atoms with Gasteiger partial charge in [-0.3, -0.25) is 14.4 Å². The Morgan fingerprint density at radius 1 is 1.22 bits per heavy atom. The fourth-order valence-corrected chi connectivity index (χ4v) is 2.77. The lowest BCUT2D eigenvalue weighted by atomic mass is 9.85. The fraction of sp³-hybridized carbons (Fsp3) is 0.474. The summed E-state index contributed by atoms with van der Waals surface area (Å²) in [6.07, 6.45) is -1.03. The van der Waals surface area contributed by atoms with E-state index in [-0.39, 0.29) is 10.7 Å². The van der Waals surface area contributed by atoms with Crippen molar-refractivity contribution >= 4 is 41.0 Å². The highest BCUT2D eigenvalue weighted by atomic mass is 35.5. The molecule has 2 rings (SSSR count). The van der Waals surface area contributed by atoms with E-state index in [1.165, 1.54) is 13.8 Å². The van der Waals surface area contributed by atoms with E-state index in [2.05, 4.69) is 5.32 Å². The monoisotopic (exact) mass is 394 g/mol. The van der Waals surface area contributed by atoms with E-state index in [1.807, 2.05) is 6.92 Å². The second kappa shape index (κ2) is 6.96. The van der Waals surface area contributed by atoms with Gasteiger partial charge in [-0.2, -0.15) is 0 Å². The number of imide groups is 1. The van der Waals surface area contributed by atoms with Crippen LogP contribution in [-0.4, -0.2) is 40.2 Å². The molecule has 146 valence electrons. The molecule has 1 aliphatic heterocycles. The van der Waals surface area contributed by atoms with Crippen LogP contribution in [0.1, 0.15) is 40.2 Å². The van der Waals surface area contributed by atoms with Crippen molar-refractivity contribution in [2.24, 2.45) is 5.41 Å². The molecule has 0 radical (unpaired) electrons. The van der Waals surface area contributed by atoms with E-state index in [0.29, 0.717) is 4.90 Å². The molecule has 7 nitrogen and oxygen atoms in total. The number of ketones is 1. The quantitative estimate of drug-likeness (QED) is 0.790. The third-order valence-corrected chi connectivity index (χ3v) is 4.48. The summed E-state index contributed by atoms with van der Waals surface area (Å²) in [6, 6.07) is 3.33. The van der Waals surface area contributed by atoms with Gasteiger partial charge in [-0.15, -0.1) is 0 Å². The number of nitrogens with one attached hydrogen (secondary N) is 1. The summed E-state index contributed by atoms with van der Waals surface area (Å²) in [6.45, 7) is 9.43. The standard InChI is InChI=1S/C19H23ClN2O5/c1-10-7-8-11(20)12(9-10)21-15(24)13(14(23)18(2,3)4)22-16(25)19(5,6)27-17(22)26/h7-9,13H,1-6H3,(H,21,24). The molecule has 1 unspecified atom stereocenters. The van der Waals surface area contributed by atoms with Crippen LogP contribution in [0.25, 0.3) is 0 Å². The van der Waals surface area contributed by atoms with Crippen LogP contribution in [-0.2, 0) is 19.1 Å². The van der Waals surface area contributed by atoms with Gasteiger partial charge in [-0.25, -0.2) is 9.69 Å². The molecule has 1 N–H and O–H groups in total. The third-order valence-electron chi connectivity index (χ3n) is 4.15. The van der Waals surface area contributed by atoms with Crippen molar-refractivity contribution in [2.75, 3.05) is 5.32 Å². The summed E-state index contributed by atoms with van der Waals surface area (Å²) in [5.74, 6) is -2.17. The number of cyclic esters (lactones) is 1. The van der Waals surface area contributed by atoms with E-state index >= 15 is 0 Å². The molecule has 1 fully saturated rings. The number of Topliss-reactive ketones (excluding diaryl/α,β-unsaturated/α-hetero) is 1. The molecule has 0 saturated carbocycles. The number of benzene rings is 1. The second-order valence-electron chi connectivity index (χ2n) is 8.04. The number of anilines is 1. The van der Waals surface area contributed by atoms with Crippen molar-refractivity contribution in [3.05, 3.63) is 28.8 Å². The van der Waals surface area contributed by atoms with Crippen LogP contribution >= 0.6 is 11.6 Å². The lowest BCUT2D eigenvalue weighted by Crippen LogP contribution is -2.55. The predicted molar refractivity (Wildman–Crippen MR) is 100 cm³/mol. The van der Waals surface area contributed by atoms with Crippen molar-refractivity contribution in [1.82, 2.24) is 4.90 Å². The summed E-state index contributed by atoms with van der Waals surface area (Å²) < 4.78 is 5.04. The topological polar surface area (TPSA) is 92.8 Å². The molecule has 1 atom stereocenters. The molecule has 1 aromatic carbocycles. The van der Waals surface area contributed by atoms with Gasteiger partial charge in [0.1, 0.15) is 0 Å². The van der Waals surface area contributed by atoms with Gasteiger partial charge in [0.05, 0.1) is 10.7 Å². The van der Waals surface area contributed by atoms with Crippen LogP contribution in [0.2, 0.25) is 5.02 Å². The van der Waals surface area contributed by atoms with Crippen LogP contribution in [0.5, 0.6) is 0 Å². The lowest BCUT2D eigenvalue weighted by molar-refractivity contribution is -0.145. The maximum Gasteiger partial charge on any atom is 0.418 e. The first-order chi connectivity index (χ1) is 12.3. The number of aryl methyl sites for hydroxylation is 1. The van der Waals surface area contributed by atoms with Gasteiger partial charge in [0, 0.05) is 5.41 Å². The van der Waals surface area contributed by atoms with Crippen molar-refractivity contribution in [2.45, 2.75) is 53.2 Å². The molecule has 1 aromatic rings. The summed E-state index contributed by atoms with van der Waals surface area (Å²) in [4.78, 5) is 51.4. The zero-order chi connectivity index (χ0) is 20.7. The third kappa shape index (κ3) is 4.13. The number of hydrogen-bond donors (Lipinski definition) is 1. The van der Waals surface area contributed by atoms with Crippen LogP contribution in [0.15, 0.2) is 18.2 Å². The Hall–Kier alpha value is -2.41. The minimum absolute atomic E-state index is 0.270. The molecule has 0 aromatic heterocycles. The summed E-state index contributed by atoms with van der Waals surface area (Å²) in [5, 5.41) is 2.83. The molecule has 1 saturated heterocycles. The Morgan fingerprint density at radius 3 is 2.30 bits per heavy atom. The molecule has 1 heterocycles. The number of rotatable bonds is 4. The first kappa shape index (κ1) is 20.9. The second-order valence-corrected chi connectivity index (χ2v) is 8.45. The minimum atomic E-state index is -1.66. The van der Waals surface area contributed by atoms with Crippen LogP contribution < -0.4 is 5.32 Å². The molecule has 0 spiro atoms. The molecule has 8 heteroatoms. The van der Waals surface area contributed by atoms with Gasteiger partial charge in [-0.1, -0.05) is 38.4 Å². The zero-order valence-electron chi connectivity index (χ0n) is 16.2. The number of nitrogens with zero attached hydrogens (tertiary/aromatic N) is 1. The van der Waals surface area contributed by atoms with Crippen LogP contribution in [0, 0.1) is 12.3 Å². The number of carbonyl (C=O) groups is 4. The van der Waals surface area contributed by atoms with Gasteiger partial charge < -0.3 is 10.1 Å². The van der Waals surface area contributed by atoms with Crippen LogP contribution in [0.4, 0.5) is 10.5 Å². The zero-order valence-corrected chi connectivity index (χ0v) is 16.9. The van der Waals surface area contributed by atoms with Gasteiger partial charge in [0.2, 0.25) is 0 Å². The van der Waals surface area contributed by atoms with Crippen molar-refractivity contribution < 1.29 is 23.9 Å². The van der Waals surface area contributed by atoms with E-state index in [0.717, 1.165) is 5.56 Å². The number of amides is 3. The van der Waals surface area contributed by atoms with Gasteiger partial charge in [0.15, 0.2) is 17.4 Å². The van der Waals surface area contributed by atoms with Gasteiger partial charge in [0.25, 0.3) is 11.8 Å². The average Bonchev–Trinajstić information content (AvgIpc) is 2.72. The Bertz CT molecular complexity index is 826.